The number of hydrogen-bond acceptors (Lipinski definition) is 2. The van der Waals surface area contributed by atoms with Crippen LogP contribution in [0.15, 0.2) is 60.7 Å². The first kappa shape index (κ1) is 12.0. The van der Waals surface area contributed by atoms with Gasteiger partial charge in [-0.15, -0.1) is 0 Å². The Bertz CT molecular complexity index is 591. The SMILES string of the molecule is CN(c1ccccc1)[C@H]1C=Cc2ccccc2[C@@H]1O. The van der Waals surface area contributed by atoms with Gasteiger partial charge in [-0.05, 0) is 23.3 Å². The van der Waals surface area contributed by atoms with Crippen molar-refractivity contribution in [2.75, 3.05) is 11.9 Å². The Kier molecular flexibility index (Phi) is 3.10. The molecule has 2 aromatic carbocycles. The Hall–Kier alpha value is -2.06. The van der Waals surface area contributed by atoms with Crippen molar-refractivity contribution in [2.24, 2.45) is 0 Å². The third-order valence-electron chi connectivity index (χ3n) is 3.72. The average molecular weight is 251 g/mol. The Morgan fingerprint density at radius 2 is 1.63 bits per heavy atom. The fourth-order valence-electron chi connectivity index (χ4n) is 2.60. The molecule has 0 aliphatic heterocycles. The third kappa shape index (κ3) is 2.15. The van der Waals surface area contributed by atoms with Gasteiger partial charge in [-0.1, -0.05) is 54.6 Å². The van der Waals surface area contributed by atoms with Gasteiger partial charge in [0.2, 0.25) is 0 Å². The fourth-order valence-corrected chi connectivity index (χ4v) is 2.60. The summed E-state index contributed by atoms with van der Waals surface area (Å²) < 4.78 is 0. The molecule has 1 aliphatic rings. The van der Waals surface area contributed by atoms with Gasteiger partial charge in [0.1, 0.15) is 6.10 Å². The van der Waals surface area contributed by atoms with E-state index in [9.17, 15) is 5.11 Å². The van der Waals surface area contributed by atoms with E-state index in [0.29, 0.717) is 0 Å². The fraction of sp³-hybridized carbons (Fsp3) is 0.176. The van der Waals surface area contributed by atoms with Crippen molar-refractivity contribution in [1.82, 2.24) is 0 Å². The maximum Gasteiger partial charge on any atom is 0.103 e. The number of fused-ring (bicyclic) bond motifs is 1. The van der Waals surface area contributed by atoms with E-state index in [4.69, 9.17) is 0 Å². The van der Waals surface area contributed by atoms with Gasteiger partial charge in [0.25, 0.3) is 0 Å². The second-order valence-electron chi connectivity index (χ2n) is 4.87. The molecule has 0 saturated heterocycles. The van der Waals surface area contributed by atoms with Gasteiger partial charge in [0.05, 0.1) is 6.04 Å². The van der Waals surface area contributed by atoms with Crippen molar-refractivity contribution < 1.29 is 5.11 Å². The summed E-state index contributed by atoms with van der Waals surface area (Å²) in [6.07, 6.45) is 3.66. The van der Waals surface area contributed by atoms with Crippen molar-refractivity contribution >= 4 is 11.8 Å². The highest BCUT2D eigenvalue weighted by atomic mass is 16.3. The average Bonchev–Trinajstić information content (AvgIpc) is 2.48. The van der Waals surface area contributed by atoms with Gasteiger partial charge < -0.3 is 10.0 Å². The van der Waals surface area contributed by atoms with Crippen LogP contribution in [0.25, 0.3) is 6.08 Å². The van der Waals surface area contributed by atoms with E-state index in [1.54, 1.807) is 0 Å². The lowest BCUT2D eigenvalue weighted by molar-refractivity contribution is 0.159. The number of hydrogen-bond donors (Lipinski definition) is 1. The summed E-state index contributed by atoms with van der Waals surface area (Å²) in [7, 11) is 2.02. The first-order chi connectivity index (χ1) is 9.27. The Morgan fingerprint density at radius 3 is 2.42 bits per heavy atom. The first-order valence-electron chi connectivity index (χ1n) is 6.50. The molecule has 0 unspecified atom stereocenters. The largest absolute Gasteiger partial charge is 0.386 e. The number of benzene rings is 2. The number of anilines is 1. The van der Waals surface area contributed by atoms with Gasteiger partial charge in [-0.25, -0.2) is 0 Å². The minimum Gasteiger partial charge on any atom is -0.386 e. The molecule has 0 radical (unpaired) electrons. The van der Waals surface area contributed by atoms with Crippen molar-refractivity contribution in [2.45, 2.75) is 12.1 Å². The molecule has 3 rings (SSSR count). The minimum absolute atomic E-state index is 0.0303. The predicted octanol–water partition coefficient (Wildman–Crippen LogP) is 3.25. The van der Waals surface area contributed by atoms with E-state index in [-0.39, 0.29) is 6.04 Å². The molecule has 0 fully saturated rings. The molecule has 0 heterocycles. The van der Waals surface area contributed by atoms with E-state index in [0.717, 1.165) is 16.8 Å². The van der Waals surface area contributed by atoms with Crippen LogP contribution in [0.4, 0.5) is 5.69 Å². The van der Waals surface area contributed by atoms with Crippen LogP contribution in [0, 0.1) is 0 Å². The topological polar surface area (TPSA) is 23.5 Å². The molecule has 2 aromatic rings. The lowest BCUT2D eigenvalue weighted by Gasteiger charge is -2.34. The smallest absolute Gasteiger partial charge is 0.103 e. The van der Waals surface area contributed by atoms with Gasteiger partial charge >= 0.3 is 0 Å². The van der Waals surface area contributed by atoms with Crippen LogP contribution in [0.2, 0.25) is 0 Å². The van der Waals surface area contributed by atoms with Crippen molar-refractivity contribution in [3.05, 3.63) is 71.8 Å². The number of para-hydroxylation sites is 1. The van der Waals surface area contributed by atoms with Gasteiger partial charge in [-0.3, -0.25) is 0 Å². The van der Waals surface area contributed by atoms with E-state index in [2.05, 4.69) is 29.2 Å². The molecule has 2 nitrogen and oxygen atoms in total. The second-order valence-corrected chi connectivity index (χ2v) is 4.87. The van der Waals surface area contributed by atoms with Crippen LogP contribution < -0.4 is 4.90 Å². The minimum atomic E-state index is -0.494. The molecule has 19 heavy (non-hydrogen) atoms. The molecule has 0 aromatic heterocycles. The molecule has 0 saturated carbocycles. The zero-order valence-corrected chi connectivity index (χ0v) is 10.9. The predicted molar refractivity (Wildman–Crippen MR) is 79.1 cm³/mol. The maximum absolute atomic E-state index is 10.6. The number of nitrogens with zero attached hydrogens (tertiary/aromatic N) is 1. The summed E-state index contributed by atoms with van der Waals surface area (Å²) in [4.78, 5) is 2.11. The molecule has 0 amide bonds. The molecule has 1 N–H and O–H groups in total. The highest BCUT2D eigenvalue weighted by Crippen LogP contribution is 2.32. The maximum atomic E-state index is 10.6. The molecule has 2 atom stereocenters. The number of likely N-dealkylation sites (N-methyl/N-ethyl adjacent to an activating group) is 1. The molecular formula is C17H17NO. The quantitative estimate of drug-likeness (QED) is 0.885. The highest BCUT2D eigenvalue weighted by Gasteiger charge is 2.27. The number of aliphatic hydroxyl groups excluding tert-OH is 1. The lowest BCUT2D eigenvalue weighted by Crippen LogP contribution is -2.36. The molecule has 2 heteroatoms. The molecule has 96 valence electrons. The standard InChI is InChI=1S/C17H17NO/c1-18(14-8-3-2-4-9-14)16-12-11-13-7-5-6-10-15(13)17(16)19/h2-12,16-17,19H,1H3/t16-,17-/m0/s1. The molecule has 0 spiro atoms. The summed E-state index contributed by atoms with van der Waals surface area (Å²) in [5.41, 5.74) is 3.21. The summed E-state index contributed by atoms with van der Waals surface area (Å²) in [6, 6.07) is 18.1. The Morgan fingerprint density at radius 1 is 0.947 bits per heavy atom. The van der Waals surface area contributed by atoms with Gasteiger partial charge in [-0.2, -0.15) is 0 Å². The molecular weight excluding hydrogens is 234 g/mol. The Balaban J connectivity index is 1.92. The van der Waals surface area contributed by atoms with Gasteiger partial charge in [0, 0.05) is 12.7 Å². The Labute approximate surface area is 113 Å². The van der Waals surface area contributed by atoms with Crippen molar-refractivity contribution in [3.63, 3.8) is 0 Å². The number of aliphatic hydroxyl groups is 1. The van der Waals surface area contributed by atoms with Crippen LogP contribution in [-0.2, 0) is 0 Å². The van der Waals surface area contributed by atoms with E-state index in [1.165, 1.54) is 0 Å². The monoisotopic (exact) mass is 251 g/mol. The van der Waals surface area contributed by atoms with Crippen molar-refractivity contribution in [1.29, 1.82) is 0 Å². The summed E-state index contributed by atoms with van der Waals surface area (Å²) in [5, 5.41) is 10.6. The van der Waals surface area contributed by atoms with Gasteiger partial charge in [0.15, 0.2) is 0 Å². The molecule has 1 aliphatic carbocycles. The third-order valence-corrected chi connectivity index (χ3v) is 3.72. The van der Waals surface area contributed by atoms with Crippen molar-refractivity contribution in [3.8, 4) is 0 Å². The zero-order valence-electron chi connectivity index (χ0n) is 10.9. The zero-order chi connectivity index (χ0) is 13.2. The van der Waals surface area contributed by atoms with E-state index >= 15 is 0 Å². The second kappa shape index (κ2) is 4.90. The van der Waals surface area contributed by atoms with Crippen LogP contribution in [0.5, 0.6) is 0 Å². The summed E-state index contributed by atoms with van der Waals surface area (Å²) >= 11 is 0. The first-order valence-corrected chi connectivity index (χ1v) is 6.50. The summed E-state index contributed by atoms with van der Waals surface area (Å²) in [5.74, 6) is 0. The number of rotatable bonds is 2. The van der Waals surface area contributed by atoms with Crippen LogP contribution in [-0.4, -0.2) is 18.2 Å². The van der Waals surface area contributed by atoms with E-state index in [1.807, 2.05) is 49.5 Å². The van der Waals surface area contributed by atoms with Crippen LogP contribution in [0.1, 0.15) is 17.2 Å². The van der Waals surface area contributed by atoms with Crippen LogP contribution >= 0.6 is 0 Å². The molecule has 0 bridgehead atoms. The van der Waals surface area contributed by atoms with Crippen LogP contribution in [0.3, 0.4) is 0 Å². The summed E-state index contributed by atoms with van der Waals surface area (Å²) in [6.45, 7) is 0. The van der Waals surface area contributed by atoms with E-state index < -0.39 is 6.10 Å². The normalized spacial score (nSPS) is 20.9. The lowest BCUT2D eigenvalue weighted by atomic mass is 9.90. The highest BCUT2D eigenvalue weighted by molar-refractivity contribution is 5.61.